The van der Waals surface area contributed by atoms with Crippen LogP contribution in [0.2, 0.25) is 0 Å². The minimum atomic E-state index is -0.171. The maximum atomic E-state index is 6.21. The highest BCUT2D eigenvalue weighted by atomic mass is 32.1. The molecule has 0 amide bonds. The molecule has 0 saturated heterocycles. The highest BCUT2D eigenvalue weighted by Gasteiger charge is 2.24. The molecule has 20 heavy (non-hydrogen) atoms. The first kappa shape index (κ1) is 13.2. The Morgan fingerprint density at radius 2 is 2.20 bits per heavy atom. The maximum absolute atomic E-state index is 6.21. The van der Waals surface area contributed by atoms with Crippen LogP contribution < -0.4 is 5.73 Å². The molecule has 3 heterocycles. The van der Waals surface area contributed by atoms with Crippen LogP contribution in [0.25, 0.3) is 4.96 Å². The van der Waals surface area contributed by atoms with Gasteiger partial charge in [-0.1, -0.05) is 32.1 Å². The quantitative estimate of drug-likeness (QED) is 0.761. The highest BCUT2D eigenvalue weighted by molar-refractivity contribution is 7.16. The van der Waals surface area contributed by atoms with Crippen LogP contribution >= 0.6 is 11.3 Å². The van der Waals surface area contributed by atoms with Crippen LogP contribution in [0, 0.1) is 0 Å². The number of fused-ring (bicyclic) bond motifs is 1. The molecule has 1 unspecified atom stereocenters. The van der Waals surface area contributed by atoms with Crippen molar-refractivity contribution in [2.45, 2.75) is 38.6 Å². The SMILES string of the molecule is CC(C)(C)c1nnc2sc(C(N)Cc3cnc[nH]3)nn12. The van der Waals surface area contributed by atoms with E-state index in [-0.39, 0.29) is 11.5 Å². The van der Waals surface area contributed by atoms with Crippen molar-refractivity contribution >= 4 is 16.3 Å². The largest absolute Gasteiger partial charge is 0.348 e. The van der Waals surface area contributed by atoms with Gasteiger partial charge in [0.15, 0.2) is 5.82 Å². The van der Waals surface area contributed by atoms with Crippen molar-refractivity contribution in [3.63, 3.8) is 0 Å². The molecule has 3 aromatic rings. The van der Waals surface area contributed by atoms with Gasteiger partial charge < -0.3 is 10.7 Å². The Kier molecular flexibility index (Phi) is 3.06. The normalized spacial score (nSPS) is 14.0. The average Bonchev–Trinajstić information content (AvgIpc) is 3.01. The lowest BCUT2D eigenvalue weighted by Gasteiger charge is -2.13. The predicted molar refractivity (Wildman–Crippen MR) is 76.6 cm³/mol. The lowest BCUT2D eigenvalue weighted by Crippen LogP contribution is -2.18. The van der Waals surface area contributed by atoms with E-state index in [0.29, 0.717) is 6.42 Å². The number of nitrogens with zero attached hydrogens (tertiary/aromatic N) is 5. The molecule has 106 valence electrons. The van der Waals surface area contributed by atoms with Gasteiger partial charge in [-0.3, -0.25) is 0 Å². The van der Waals surface area contributed by atoms with Crippen LogP contribution in [0.4, 0.5) is 0 Å². The van der Waals surface area contributed by atoms with Crippen molar-refractivity contribution in [3.05, 3.63) is 29.1 Å². The molecule has 0 radical (unpaired) electrons. The lowest BCUT2D eigenvalue weighted by atomic mass is 9.96. The number of nitrogens with two attached hydrogens (primary N) is 1. The van der Waals surface area contributed by atoms with Gasteiger partial charge in [-0.15, -0.1) is 10.2 Å². The molecule has 0 aliphatic rings. The van der Waals surface area contributed by atoms with E-state index in [9.17, 15) is 0 Å². The van der Waals surface area contributed by atoms with Gasteiger partial charge >= 0.3 is 0 Å². The van der Waals surface area contributed by atoms with Crippen molar-refractivity contribution in [2.75, 3.05) is 0 Å². The predicted octanol–water partition coefficient (Wildman–Crippen LogP) is 1.45. The lowest BCUT2D eigenvalue weighted by molar-refractivity contribution is 0.524. The number of H-pyrrole nitrogens is 1. The Balaban J connectivity index is 1.91. The molecule has 3 rings (SSSR count). The average molecular weight is 291 g/mol. The van der Waals surface area contributed by atoms with E-state index < -0.39 is 0 Å². The standard InChI is InChI=1S/C12H17N7S/c1-12(2,3)10-16-17-11-19(10)18-9(20-11)8(13)4-7-5-14-6-15-7/h5-6,8H,4,13H2,1-3H3,(H,14,15). The first-order valence-electron chi connectivity index (χ1n) is 6.40. The van der Waals surface area contributed by atoms with Crippen LogP contribution in [0.15, 0.2) is 12.5 Å². The van der Waals surface area contributed by atoms with E-state index in [0.717, 1.165) is 21.5 Å². The van der Waals surface area contributed by atoms with E-state index >= 15 is 0 Å². The summed E-state index contributed by atoms with van der Waals surface area (Å²) in [6.07, 6.45) is 4.11. The highest BCUT2D eigenvalue weighted by Crippen LogP contribution is 2.26. The van der Waals surface area contributed by atoms with E-state index in [1.54, 1.807) is 17.0 Å². The number of imidazole rings is 1. The molecule has 0 spiro atoms. The molecular formula is C12H17N7S. The van der Waals surface area contributed by atoms with Gasteiger partial charge in [0.25, 0.3) is 0 Å². The molecule has 1 atom stereocenters. The summed E-state index contributed by atoms with van der Waals surface area (Å²) < 4.78 is 1.80. The topological polar surface area (TPSA) is 97.8 Å². The van der Waals surface area contributed by atoms with Crippen molar-refractivity contribution in [2.24, 2.45) is 5.73 Å². The van der Waals surface area contributed by atoms with E-state index in [1.165, 1.54) is 11.3 Å². The van der Waals surface area contributed by atoms with Crippen LogP contribution in [-0.4, -0.2) is 29.8 Å². The van der Waals surface area contributed by atoms with Gasteiger partial charge in [-0.05, 0) is 0 Å². The second-order valence-corrected chi connectivity index (χ2v) is 6.78. The van der Waals surface area contributed by atoms with Crippen LogP contribution in [0.1, 0.15) is 43.3 Å². The summed E-state index contributed by atoms with van der Waals surface area (Å²) in [6.45, 7) is 6.27. The molecule has 8 heteroatoms. The summed E-state index contributed by atoms with van der Waals surface area (Å²) in [5.41, 5.74) is 7.11. The van der Waals surface area contributed by atoms with Gasteiger partial charge in [0, 0.05) is 23.7 Å². The summed E-state index contributed by atoms with van der Waals surface area (Å²) in [7, 11) is 0. The Morgan fingerprint density at radius 3 is 2.85 bits per heavy atom. The number of aromatic amines is 1. The van der Waals surface area contributed by atoms with Gasteiger partial charge in [0.1, 0.15) is 5.01 Å². The van der Waals surface area contributed by atoms with Gasteiger partial charge in [-0.25, -0.2) is 4.98 Å². The van der Waals surface area contributed by atoms with E-state index in [2.05, 4.69) is 46.0 Å². The number of nitrogens with one attached hydrogen (secondary N) is 1. The zero-order chi connectivity index (χ0) is 14.3. The van der Waals surface area contributed by atoms with Crippen molar-refractivity contribution in [3.8, 4) is 0 Å². The number of rotatable bonds is 3. The summed E-state index contributed by atoms with van der Waals surface area (Å²) >= 11 is 1.48. The second-order valence-electron chi connectivity index (χ2n) is 5.80. The van der Waals surface area contributed by atoms with Crippen LogP contribution in [0.5, 0.6) is 0 Å². The molecule has 0 fully saturated rings. The fraction of sp³-hybridized carbons (Fsp3) is 0.500. The monoisotopic (exact) mass is 291 g/mol. The van der Waals surface area contributed by atoms with E-state index in [4.69, 9.17) is 5.73 Å². The Morgan fingerprint density at radius 1 is 1.40 bits per heavy atom. The van der Waals surface area contributed by atoms with Gasteiger partial charge in [-0.2, -0.15) is 9.61 Å². The Bertz CT molecular complexity index is 704. The molecule has 3 aromatic heterocycles. The second kappa shape index (κ2) is 4.64. The Hall–Kier alpha value is -1.80. The molecule has 0 aliphatic heterocycles. The number of hydrogen-bond acceptors (Lipinski definition) is 6. The van der Waals surface area contributed by atoms with Gasteiger partial charge in [0.05, 0.1) is 12.4 Å². The Labute approximate surface area is 120 Å². The third-order valence-corrected chi connectivity index (χ3v) is 4.02. The zero-order valence-corrected chi connectivity index (χ0v) is 12.5. The smallest absolute Gasteiger partial charge is 0.234 e. The molecule has 7 nitrogen and oxygen atoms in total. The molecular weight excluding hydrogens is 274 g/mol. The summed E-state index contributed by atoms with van der Waals surface area (Å²) in [5, 5.41) is 13.8. The summed E-state index contributed by atoms with van der Waals surface area (Å²) in [4.78, 5) is 7.83. The number of hydrogen-bond donors (Lipinski definition) is 2. The van der Waals surface area contributed by atoms with Crippen LogP contribution in [0.3, 0.4) is 0 Å². The number of aromatic nitrogens is 6. The summed E-state index contributed by atoms with van der Waals surface area (Å²) in [6, 6.07) is -0.171. The van der Waals surface area contributed by atoms with Gasteiger partial charge in [0.2, 0.25) is 4.96 Å². The van der Waals surface area contributed by atoms with E-state index in [1.807, 2.05) is 0 Å². The first-order chi connectivity index (χ1) is 9.45. The molecule has 0 aromatic carbocycles. The zero-order valence-electron chi connectivity index (χ0n) is 11.7. The molecule has 0 saturated carbocycles. The van der Waals surface area contributed by atoms with Crippen molar-refractivity contribution < 1.29 is 0 Å². The maximum Gasteiger partial charge on any atom is 0.234 e. The third-order valence-electron chi connectivity index (χ3n) is 2.99. The van der Waals surface area contributed by atoms with Crippen molar-refractivity contribution in [1.29, 1.82) is 0 Å². The van der Waals surface area contributed by atoms with Crippen molar-refractivity contribution in [1.82, 2.24) is 29.8 Å². The fourth-order valence-electron chi connectivity index (χ4n) is 1.97. The van der Waals surface area contributed by atoms with Crippen LogP contribution in [-0.2, 0) is 11.8 Å². The minimum absolute atomic E-state index is 0.0990. The first-order valence-corrected chi connectivity index (χ1v) is 7.22. The fourth-order valence-corrected chi connectivity index (χ4v) is 2.81. The third kappa shape index (κ3) is 2.32. The summed E-state index contributed by atoms with van der Waals surface area (Å²) in [5.74, 6) is 0.851. The molecule has 0 bridgehead atoms. The minimum Gasteiger partial charge on any atom is -0.348 e. The molecule has 0 aliphatic carbocycles. The molecule has 3 N–H and O–H groups in total.